The van der Waals surface area contributed by atoms with Crippen molar-refractivity contribution in [1.82, 2.24) is 10.2 Å². The Morgan fingerprint density at radius 1 is 1.62 bits per heavy atom. The molecule has 74 valence electrons. The van der Waals surface area contributed by atoms with Gasteiger partial charge in [-0.25, -0.2) is 0 Å². The smallest absolute Gasteiger partial charge is 0.245 e. The third kappa shape index (κ3) is 2.84. The molecule has 1 aliphatic heterocycles. The first kappa shape index (κ1) is 10.3. The van der Waals surface area contributed by atoms with Crippen molar-refractivity contribution < 1.29 is 4.79 Å². The maximum Gasteiger partial charge on any atom is 0.245 e. The summed E-state index contributed by atoms with van der Waals surface area (Å²) in [5.74, 6) is 0.807. The Balaban J connectivity index is 2.30. The van der Waals surface area contributed by atoms with Crippen molar-refractivity contribution in [2.45, 2.75) is 12.8 Å². The van der Waals surface area contributed by atoms with E-state index in [1.807, 2.05) is 11.9 Å². The highest BCUT2D eigenvalue weighted by molar-refractivity contribution is 5.87. The van der Waals surface area contributed by atoms with Crippen molar-refractivity contribution in [1.29, 1.82) is 0 Å². The van der Waals surface area contributed by atoms with Gasteiger partial charge in [-0.1, -0.05) is 6.58 Å². The van der Waals surface area contributed by atoms with Crippen LogP contribution in [0, 0.1) is 5.92 Å². The zero-order valence-corrected chi connectivity index (χ0v) is 8.25. The molecule has 0 radical (unpaired) electrons. The van der Waals surface area contributed by atoms with Crippen molar-refractivity contribution in [3.63, 3.8) is 0 Å². The summed E-state index contributed by atoms with van der Waals surface area (Å²) in [7, 11) is 1.97. The van der Waals surface area contributed by atoms with Crippen molar-refractivity contribution in [3.05, 3.63) is 12.7 Å². The monoisotopic (exact) mass is 182 g/mol. The summed E-state index contributed by atoms with van der Waals surface area (Å²) in [5, 5.41) is 3.17. The Morgan fingerprint density at radius 3 is 2.69 bits per heavy atom. The highest BCUT2D eigenvalue weighted by atomic mass is 16.2. The van der Waals surface area contributed by atoms with Crippen LogP contribution in [0.2, 0.25) is 0 Å². The molecule has 0 saturated carbocycles. The summed E-state index contributed by atoms with van der Waals surface area (Å²) in [6, 6.07) is 0. The van der Waals surface area contributed by atoms with E-state index in [0.717, 1.165) is 38.4 Å². The molecule has 0 atom stereocenters. The molecule has 0 aromatic heterocycles. The Labute approximate surface area is 79.8 Å². The summed E-state index contributed by atoms with van der Waals surface area (Å²) in [4.78, 5) is 13.1. The minimum absolute atomic E-state index is 0.0721. The second-order valence-corrected chi connectivity index (χ2v) is 3.53. The maximum absolute atomic E-state index is 11.2. The van der Waals surface area contributed by atoms with Crippen molar-refractivity contribution in [3.8, 4) is 0 Å². The van der Waals surface area contributed by atoms with Gasteiger partial charge in [0.05, 0.1) is 0 Å². The van der Waals surface area contributed by atoms with E-state index >= 15 is 0 Å². The van der Waals surface area contributed by atoms with E-state index in [2.05, 4.69) is 11.9 Å². The van der Waals surface area contributed by atoms with Crippen LogP contribution >= 0.6 is 0 Å². The van der Waals surface area contributed by atoms with E-state index in [1.165, 1.54) is 6.08 Å². The number of amides is 1. The van der Waals surface area contributed by atoms with E-state index in [0.29, 0.717) is 0 Å². The number of carbonyl (C=O) groups is 1. The van der Waals surface area contributed by atoms with Gasteiger partial charge in [0.2, 0.25) is 5.91 Å². The largest absolute Gasteiger partial charge is 0.339 e. The van der Waals surface area contributed by atoms with Gasteiger partial charge in [-0.2, -0.15) is 0 Å². The van der Waals surface area contributed by atoms with E-state index in [4.69, 9.17) is 0 Å². The number of rotatable bonds is 3. The van der Waals surface area contributed by atoms with Gasteiger partial charge < -0.3 is 10.2 Å². The second kappa shape index (κ2) is 5.02. The number of hydrogen-bond acceptors (Lipinski definition) is 2. The maximum atomic E-state index is 11.2. The van der Waals surface area contributed by atoms with Gasteiger partial charge in [-0.05, 0) is 38.4 Å². The molecule has 1 heterocycles. The average molecular weight is 182 g/mol. The standard InChI is InChI=1S/C10H18N2O/c1-3-10(13)12-6-4-9(5-7-12)8-11-2/h3,9,11H,1,4-8H2,2H3. The van der Waals surface area contributed by atoms with E-state index in [-0.39, 0.29) is 5.91 Å². The molecule has 13 heavy (non-hydrogen) atoms. The average Bonchev–Trinajstić information content (AvgIpc) is 2.18. The molecule has 0 bridgehead atoms. The molecule has 1 saturated heterocycles. The van der Waals surface area contributed by atoms with Gasteiger partial charge in [0.15, 0.2) is 0 Å². The Hall–Kier alpha value is -0.830. The number of likely N-dealkylation sites (tertiary alicyclic amines) is 1. The first-order valence-corrected chi connectivity index (χ1v) is 4.84. The van der Waals surface area contributed by atoms with Gasteiger partial charge in [0.1, 0.15) is 0 Å². The molecule has 0 aromatic carbocycles. The zero-order chi connectivity index (χ0) is 9.68. The molecule has 0 aliphatic carbocycles. The number of piperidine rings is 1. The summed E-state index contributed by atoms with van der Waals surface area (Å²) >= 11 is 0. The fraction of sp³-hybridized carbons (Fsp3) is 0.700. The van der Waals surface area contributed by atoms with Crippen LogP contribution in [0.3, 0.4) is 0 Å². The predicted octanol–water partition coefficient (Wildman–Crippen LogP) is 0.630. The summed E-state index contributed by atoms with van der Waals surface area (Å²) < 4.78 is 0. The summed E-state index contributed by atoms with van der Waals surface area (Å²) in [5.41, 5.74) is 0. The fourth-order valence-electron chi connectivity index (χ4n) is 1.78. The van der Waals surface area contributed by atoms with Gasteiger partial charge in [0, 0.05) is 13.1 Å². The van der Waals surface area contributed by atoms with Crippen LogP contribution in [0.25, 0.3) is 0 Å². The van der Waals surface area contributed by atoms with Gasteiger partial charge >= 0.3 is 0 Å². The molecule has 3 heteroatoms. The number of carbonyl (C=O) groups excluding carboxylic acids is 1. The minimum Gasteiger partial charge on any atom is -0.339 e. The number of nitrogens with zero attached hydrogens (tertiary/aromatic N) is 1. The quantitative estimate of drug-likeness (QED) is 0.649. The van der Waals surface area contributed by atoms with Crippen molar-refractivity contribution >= 4 is 5.91 Å². The number of nitrogens with one attached hydrogen (secondary N) is 1. The molecule has 3 nitrogen and oxygen atoms in total. The van der Waals surface area contributed by atoms with Crippen LogP contribution < -0.4 is 5.32 Å². The molecule has 0 unspecified atom stereocenters. The third-order valence-electron chi connectivity index (χ3n) is 2.59. The van der Waals surface area contributed by atoms with E-state index in [1.54, 1.807) is 0 Å². The normalized spacial score (nSPS) is 18.7. The second-order valence-electron chi connectivity index (χ2n) is 3.53. The first-order chi connectivity index (χ1) is 6.27. The lowest BCUT2D eigenvalue weighted by molar-refractivity contribution is -0.127. The SMILES string of the molecule is C=CC(=O)N1CCC(CNC)CC1. The lowest BCUT2D eigenvalue weighted by Gasteiger charge is -2.31. The molecular formula is C10H18N2O. The highest BCUT2D eigenvalue weighted by Crippen LogP contribution is 2.16. The van der Waals surface area contributed by atoms with Crippen LogP contribution in [0.5, 0.6) is 0 Å². The molecular weight excluding hydrogens is 164 g/mol. The van der Waals surface area contributed by atoms with Crippen molar-refractivity contribution in [2.75, 3.05) is 26.7 Å². The molecule has 1 N–H and O–H groups in total. The van der Waals surface area contributed by atoms with Gasteiger partial charge in [-0.3, -0.25) is 4.79 Å². The molecule has 1 aliphatic rings. The summed E-state index contributed by atoms with van der Waals surface area (Å²) in [6.45, 7) is 6.33. The topological polar surface area (TPSA) is 32.3 Å². The van der Waals surface area contributed by atoms with E-state index < -0.39 is 0 Å². The predicted molar refractivity (Wildman–Crippen MR) is 53.4 cm³/mol. The van der Waals surface area contributed by atoms with Crippen LogP contribution in [0.1, 0.15) is 12.8 Å². The van der Waals surface area contributed by atoms with E-state index in [9.17, 15) is 4.79 Å². The Morgan fingerprint density at radius 2 is 2.23 bits per heavy atom. The van der Waals surface area contributed by atoms with Crippen LogP contribution in [-0.2, 0) is 4.79 Å². The summed E-state index contributed by atoms with van der Waals surface area (Å²) in [6.07, 6.45) is 3.62. The number of hydrogen-bond donors (Lipinski definition) is 1. The minimum atomic E-state index is 0.0721. The van der Waals surface area contributed by atoms with Crippen LogP contribution in [0.4, 0.5) is 0 Å². The molecule has 0 aromatic rings. The van der Waals surface area contributed by atoms with Crippen molar-refractivity contribution in [2.24, 2.45) is 5.92 Å². The molecule has 0 spiro atoms. The fourth-order valence-corrected chi connectivity index (χ4v) is 1.78. The third-order valence-corrected chi connectivity index (χ3v) is 2.59. The zero-order valence-electron chi connectivity index (χ0n) is 8.25. The lowest BCUT2D eigenvalue weighted by atomic mass is 9.97. The Bertz CT molecular complexity index is 183. The van der Waals surface area contributed by atoms with Crippen LogP contribution in [0.15, 0.2) is 12.7 Å². The first-order valence-electron chi connectivity index (χ1n) is 4.84. The highest BCUT2D eigenvalue weighted by Gasteiger charge is 2.20. The lowest BCUT2D eigenvalue weighted by Crippen LogP contribution is -2.39. The molecule has 1 amide bonds. The molecule has 1 rings (SSSR count). The van der Waals surface area contributed by atoms with Gasteiger partial charge in [-0.15, -0.1) is 0 Å². The Kier molecular flexibility index (Phi) is 3.96. The van der Waals surface area contributed by atoms with Crippen LogP contribution in [-0.4, -0.2) is 37.5 Å². The molecule has 1 fully saturated rings. The van der Waals surface area contributed by atoms with Gasteiger partial charge in [0.25, 0.3) is 0 Å².